The molecule has 2 unspecified atom stereocenters. The van der Waals surface area contributed by atoms with Crippen molar-refractivity contribution in [1.29, 1.82) is 0 Å². The first-order chi connectivity index (χ1) is 7.58. The molecule has 0 spiro atoms. The lowest BCUT2D eigenvalue weighted by atomic mass is 9.92. The van der Waals surface area contributed by atoms with E-state index in [1.165, 1.54) is 24.0 Å². The number of benzene rings is 1. The van der Waals surface area contributed by atoms with Crippen LogP contribution in [0.2, 0.25) is 0 Å². The first kappa shape index (κ1) is 13.7. The number of hydrogen-bond donors (Lipinski definition) is 1. The van der Waals surface area contributed by atoms with Crippen LogP contribution in [0.15, 0.2) is 22.7 Å². The van der Waals surface area contributed by atoms with E-state index in [9.17, 15) is 0 Å². The molecule has 1 nitrogen and oxygen atoms in total. The fourth-order valence-corrected chi connectivity index (χ4v) is 2.33. The van der Waals surface area contributed by atoms with E-state index in [1.54, 1.807) is 0 Å². The summed E-state index contributed by atoms with van der Waals surface area (Å²) >= 11 is 3.55. The topological polar surface area (TPSA) is 12.0 Å². The van der Waals surface area contributed by atoms with E-state index in [0.717, 1.165) is 10.4 Å². The van der Waals surface area contributed by atoms with Gasteiger partial charge in [-0.15, -0.1) is 0 Å². The van der Waals surface area contributed by atoms with E-state index in [2.05, 4.69) is 60.2 Å². The van der Waals surface area contributed by atoms with Crippen LogP contribution in [-0.4, -0.2) is 7.05 Å². The molecule has 0 aliphatic carbocycles. The number of aryl methyl sites for hydroxylation is 1. The molecular weight excluding hydrogens is 262 g/mol. The first-order valence-electron chi connectivity index (χ1n) is 6.01. The normalized spacial score (nSPS) is 14.8. The van der Waals surface area contributed by atoms with Crippen molar-refractivity contribution in [2.75, 3.05) is 7.05 Å². The van der Waals surface area contributed by atoms with Crippen molar-refractivity contribution in [2.24, 2.45) is 5.92 Å². The maximum absolute atomic E-state index is 3.55. The van der Waals surface area contributed by atoms with Crippen molar-refractivity contribution < 1.29 is 0 Å². The Kier molecular flexibility index (Phi) is 5.50. The summed E-state index contributed by atoms with van der Waals surface area (Å²) < 4.78 is 1.16. The summed E-state index contributed by atoms with van der Waals surface area (Å²) in [7, 11) is 2.05. The molecule has 0 aromatic heterocycles. The SMILES string of the molecule is CCC(C)CC(NC)c1cc(Br)ccc1C. The van der Waals surface area contributed by atoms with Gasteiger partial charge in [-0.05, 0) is 49.6 Å². The number of halogens is 1. The van der Waals surface area contributed by atoms with Crippen molar-refractivity contribution in [3.8, 4) is 0 Å². The van der Waals surface area contributed by atoms with Gasteiger partial charge >= 0.3 is 0 Å². The van der Waals surface area contributed by atoms with E-state index in [-0.39, 0.29) is 0 Å². The zero-order valence-corrected chi connectivity index (χ0v) is 12.3. The fraction of sp³-hybridized carbons (Fsp3) is 0.571. The quantitative estimate of drug-likeness (QED) is 0.842. The molecule has 1 N–H and O–H groups in total. The predicted molar refractivity (Wildman–Crippen MR) is 74.8 cm³/mol. The number of nitrogens with one attached hydrogen (secondary N) is 1. The van der Waals surface area contributed by atoms with Crippen LogP contribution < -0.4 is 5.32 Å². The minimum Gasteiger partial charge on any atom is -0.313 e. The van der Waals surface area contributed by atoms with Gasteiger partial charge in [0.15, 0.2) is 0 Å². The molecule has 90 valence electrons. The minimum atomic E-state index is 0.465. The Morgan fingerprint density at radius 1 is 1.38 bits per heavy atom. The van der Waals surface area contributed by atoms with E-state index < -0.39 is 0 Å². The van der Waals surface area contributed by atoms with Crippen molar-refractivity contribution >= 4 is 15.9 Å². The Labute approximate surface area is 108 Å². The smallest absolute Gasteiger partial charge is 0.0323 e. The van der Waals surface area contributed by atoms with Gasteiger partial charge in [-0.2, -0.15) is 0 Å². The van der Waals surface area contributed by atoms with Gasteiger partial charge < -0.3 is 5.32 Å². The summed E-state index contributed by atoms with van der Waals surface area (Å²) in [5.74, 6) is 0.760. The molecule has 2 heteroatoms. The van der Waals surface area contributed by atoms with Gasteiger partial charge in [0, 0.05) is 10.5 Å². The number of rotatable bonds is 5. The van der Waals surface area contributed by atoms with Gasteiger partial charge in [-0.25, -0.2) is 0 Å². The molecule has 0 bridgehead atoms. The maximum atomic E-state index is 3.55. The zero-order chi connectivity index (χ0) is 12.1. The molecule has 0 amide bonds. The summed E-state index contributed by atoms with van der Waals surface area (Å²) in [5, 5.41) is 3.43. The molecular formula is C14H22BrN. The van der Waals surface area contributed by atoms with Crippen LogP contribution in [0.25, 0.3) is 0 Å². The van der Waals surface area contributed by atoms with Crippen LogP contribution in [0.5, 0.6) is 0 Å². The molecule has 1 aromatic carbocycles. The molecule has 0 radical (unpaired) electrons. The highest BCUT2D eigenvalue weighted by molar-refractivity contribution is 9.10. The second kappa shape index (κ2) is 6.41. The summed E-state index contributed by atoms with van der Waals surface area (Å²) in [6.07, 6.45) is 2.44. The fourth-order valence-electron chi connectivity index (χ4n) is 1.96. The molecule has 0 saturated heterocycles. The average molecular weight is 284 g/mol. The second-order valence-corrected chi connectivity index (χ2v) is 5.51. The maximum Gasteiger partial charge on any atom is 0.0323 e. The van der Waals surface area contributed by atoms with E-state index in [1.807, 2.05) is 7.05 Å². The van der Waals surface area contributed by atoms with Crippen LogP contribution in [0.3, 0.4) is 0 Å². The molecule has 1 aromatic rings. The van der Waals surface area contributed by atoms with Crippen LogP contribution in [0, 0.1) is 12.8 Å². The minimum absolute atomic E-state index is 0.465. The third-order valence-corrected chi connectivity index (χ3v) is 3.79. The van der Waals surface area contributed by atoms with Gasteiger partial charge in [0.1, 0.15) is 0 Å². The Morgan fingerprint density at radius 3 is 2.62 bits per heavy atom. The monoisotopic (exact) mass is 283 g/mol. The largest absolute Gasteiger partial charge is 0.313 e. The van der Waals surface area contributed by atoms with Crippen LogP contribution >= 0.6 is 15.9 Å². The molecule has 0 heterocycles. The molecule has 0 saturated carbocycles. The third kappa shape index (κ3) is 3.60. The highest BCUT2D eigenvalue weighted by Crippen LogP contribution is 2.27. The van der Waals surface area contributed by atoms with Crippen molar-refractivity contribution in [3.63, 3.8) is 0 Å². The predicted octanol–water partition coefficient (Wildman–Crippen LogP) is 4.45. The van der Waals surface area contributed by atoms with Gasteiger partial charge in [0.25, 0.3) is 0 Å². The van der Waals surface area contributed by atoms with Crippen molar-refractivity contribution in [2.45, 2.75) is 39.7 Å². The van der Waals surface area contributed by atoms with Gasteiger partial charge in [0.05, 0.1) is 0 Å². The molecule has 16 heavy (non-hydrogen) atoms. The van der Waals surface area contributed by atoms with Gasteiger partial charge in [-0.3, -0.25) is 0 Å². The Bertz CT molecular complexity index is 336. The van der Waals surface area contributed by atoms with Crippen molar-refractivity contribution in [1.82, 2.24) is 5.32 Å². The standard InChI is InChI=1S/C14H22BrN/c1-5-10(2)8-14(16-4)13-9-12(15)7-6-11(13)3/h6-7,9-10,14,16H,5,8H2,1-4H3. The van der Waals surface area contributed by atoms with E-state index >= 15 is 0 Å². The molecule has 0 aliphatic heterocycles. The summed E-state index contributed by atoms with van der Waals surface area (Å²) in [6.45, 7) is 6.76. The zero-order valence-electron chi connectivity index (χ0n) is 10.7. The lowest BCUT2D eigenvalue weighted by Gasteiger charge is -2.22. The summed E-state index contributed by atoms with van der Waals surface area (Å²) in [6, 6.07) is 6.99. The second-order valence-electron chi connectivity index (χ2n) is 4.59. The molecule has 0 aliphatic rings. The lowest BCUT2D eigenvalue weighted by molar-refractivity contribution is 0.421. The third-order valence-electron chi connectivity index (χ3n) is 3.30. The van der Waals surface area contributed by atoms with Crippen LogP contribution in [0.4, 0.5) is 0 Å². The highest BCUT2D eigenvalue weighted by Gasteiger charge is 2.14. The Balaban J connectivity index is 2.89. The first-order valence-corrected chi connectivity index (χ1v) is 6.81. The lowest BCUT2D eigenvalue weighted by Crippen LogP contribution is -2.19. The Morgan fingerprint density at radius 2 is 2.06 bits per heavy atom. The van der Waals surface area contributed by atoms with Crippen LogP contribution in [0.1, 0.15) is 43.9 Å². The van der Waals surface area contributed by atoms with E-state index in [0.29, 0.717) is 6.04 Å². The molecule has 1 rings (SSSR count). The molecule has 0 fully saturated rings. The van der Waals surface area contributed by atoms with Crippen molar-refractivity contribution in [3.05, 3.63) is 33.8 Å². The average Bonchev–Trinajstić information content (AvgIpc) is 2.29. The Hall–Kier alpha value is -0.340. The highest BCUT2D eigenvalue weighted by atomic mass is 79.9. The molecule has 2 atom stereocenters. The summed E-state index contributed by atoms with van der Waals surface area (Å²) in [5.41, 5.74) is 2.78. The van der Waals surface area contributed by atoms with Gasteiger partial charge in [0.2, 0.25) is 0 Å². The number of hydrogen-bond acceptors (Lipinski definition) is 1. The van der Waals surface area contributed by atoms with E-state index in [4.69, 9.17) is 0 Å². The van der Waals surface area contributed by atoms with Gasteiger partial charge in [-0.1, -0.05) is 42.3 Å². The van der Waals surface area contributed by atoms with Crippen LogP contribution in [-0.2, 0) is 0 Å². The summed E-state index contributed by atoms with van der Waals surface area (Å²) in [4.78, 5) is 0.